The van der Waals surface area contributed by atoms with Crippen LogP contribution in [0.2, 0.25) is 0 Å². The van der Waals surface area contributed by atoms with E-state index in [9.17, 15) is 4.79 Å². The molecule has 1 fully saturated rings. The van der Waals surface area contributed by atoms with Crippen molar-refractivity contribution in [2.75, 3.05) is 0 Å². The zero-order valence-electron chi connectivity index (χ0n) is 8.02. The molecule has 0 aromatic heterocycles. The minimum absolute atomic E-state index is 0.480. The van der Waals surface area contributed by atoms with Crippen LogP contribution in [0.3, 0.4) is 0 Å². The standard InChI is InChI=1S/C8H14O.C2H6/c1-2-7-4-3-5-8(9)6-7;1-2/h7H,2-6H2,1H3;1-2H3/t7-;/m1./s1. The second-order valence-electron chi connectivity index (χ2n) is 2.91. The lowest BCUT2D eigenvalue weighted by Gasteiger charge is -2.18. The van der Waals surface area contributed by atoms with Gasteiger partial charge in [-0.2, -0.15) is 0 Å². The Kier molecular flexibility index (Phi) is 6.19. The Labute approximate surface area is 70.2 Å². The molecule has 0 spiro atoms. The maximum Gasteiger partial charge on any atom is 0.133 e. The van der Waals surface area contributed by atoms with Crippen molar-refractivity contribution in [2.24, 2.45) is 5.92 Å². The van der Waals surface area contributed by atoms with Gasteiger partial charge in [0.25, 0.3) is 0 Å². The smallest absolute Gasteiger partial charge is 0.133 e. The first-order valence-corrected chi connectivity index (χ1v) is 4.84. The van der Waals surface area contributed by atoms with Gasteiger partial charge in [0.2, 0.25) is 0 Å². The van der Waals surface area contributed by atoms with Gasteiger partial charge in [-0.1, -0.05) is 27.2 Å². The molecule has 1 aliphatic carbocycles. The van der Waals surface area contributed by atoms with Crippen LogP contribution in [-0.4, -0.2) is 5.78 Å². The van der Waals surface area contributed by atoms with Crippen molar-refractivity contribution in [3.05, 3.63) is 0 Å². The molecule has 0 bridgehead atoms. The molecule has 0 aromatic carbocycles. The van der Waals surface area contributed by atoms with Crippen molar-refractivity contribution in [3.8, 4) is 0 Å². The van der Waals surface area contributed by atoms with Crippen molar-refractivity contribution in [3.63, 3.8) is 0 Å². The summed E-state index contributed by atoms with van der Waals surface area (Å²) in [7, 11) is 0. The minimum Gasteiger partial charge on any atom is -0.300 e. The molecule has 0 N–H and O–H groups in total. The number of hydrogen-bond donors (Lipinski definition) is 0. The first kappa shape index (κ1) is 10.7. The predicted molar refractivity (Wildman–Crippen MR) is 48.6 cm³/mol. The molecule has 0 heterocycles. The zero-order valence-corrected chi connectivity index (χ0v) is 8.02. The fraction of sp³-hybridized carbons (Fsp3) is 0.900. The Balaban J connectivity index is 0.000000461. The molecule has 0 saturated heterocycles. The molecule has 11 heavy (non-hydrogen) atoms. The van der Waals surface area contributed by atoms with Gasteiger partial charge >= 0.3 is 0 Å². The van der Waals surface area contributed by atoms with Crippen LogP contribution in [0.5, 0.6) is 0 Å². The van der Waals surface area contributed by atoms with Crippen LogP contribution in [0.25, 0.3) is 0 Å². The molecule has 0 amide bonds. The van der Waals surface area contributed by atoms with Gasteiger partial charge in [0.1, 0.15) is 5.78 Å². The number of ketones is 1. The van der Waals surface area contributed by atoms with Crippen molar-refractivity contribution in [1.29, 1.82) is 0 Å². The van der Waals surface area contributed by atoms with Crippen molar-refractivity contribution in [1.82, 2.24) is 0 Å². The van der Waals surface area contributed by atoms with E-state index in [0.717, 1.165) is 19.3 Å². The highest BCUT2D eigenvalue weighted by atomic mass is 16.1. The Morgan fingerprint density at radius 3 is 2.45 bits per heavy atom. The lowest BCUT2D eigenvalue weighted by molar-refractivity contribution is -0.121. The van der Waals surface area contributed by atoms with Gasteiger partial charge in [0, 0.05) is 12.8 Å². The van der Waals surface area contributed by atoms with E-state index in [4.69, 9.17) is 0 Å². The first-order valence-electron chi connectivity index (χ1n) is 4.84. The maximum absolute atomic E-state index is 10.8. The molecule has 1 heteroatoms. The minimum atomic E-state index is 0.480. The molecule has 1 atom stereocenters. The lowest BCUT2D eigenvalue weighted by atomic mass is 9.87. The number of Topliss-reactive ketones (excluding diaryl/α,β-unsaturated/α-hetero) is 1. The van der Waals surface area contributed by atoms with Crippen LogP contribution in [0.15, 0.2) is 0 Å². The van der Waals surface area contributed by atoms with Gasteiger partial charge in [-0.3, -0.25) is 4.79 Å². The van der Waals surface area contributed by atoms with E-state index in [0.29, 0.717) is 11.7 Å². The highest BCUT2D eigenvalue weighted by molar-refractivity contribution is 5.79. The summed E-state index contributed by atoms with van der Waals surface area (Å²) < 4.78 is 0. The molecule has 1 rings (SSSR count). The Morgan fingerprint density at radius 2 is 2.09 bits per heavy atom. The third-order valence-electron chi connectivity index (χ3n) is 2.16. The third kappa shape index (κ3) is 4.18. The van der Waals surface area contributed by atoms with E-state index in [2.05, 4.69) is 6.92 Å². The second-order valence-corrected chi connectivity index (χ2v) is 2.91. The van der Waals surface area contributed by atoms with Gasteiger partial charge in [-0.05, 0) is 18.8 Å². The Morgan fingerprint density at radius 1 is 1.45 bits per heavy atom. The largest absolute Gasteiger partial charge is 0.300 e. The van der Waals surface area contributed by atoms with E-state index in [-0.39, 0.29) is 0 Å². The SMILES string of the molecule is CC.CC[C@@H]1CCCC(=O)C1. The average Bonchev–Trinajstić information content (AvgIpc) is 2.08. The monoisotopic (exact) mass is 156 g/mol. The van der Waals surface area contributed by atoms with Crippen LogP contribution in [-0.2, 0) is 4.79 Å². The highest BCUT2D eigenvalue weighted by Crippen LogP contribution is 2.23. The summed E-state index contributed by atoms with van der Waals surface area (Å²) in [5, 5.41) is 0. The topological polar surface area (TPSA) is 17.1 Å². The van der Waals surface area contributed by atoms with Crippen LogP contribution < -0.4 is 0 Å². The van der Waals surface area contributed by atoms with Crippen molar-refractivity contribution < 1.29 is 4.79 Å². The van der Waals surface area contributed by atoms with Crippen LogP contribution in [0.1, 0.15) is 52.9 Å². The van der Waals surface area contributed by atoms with E-state index < -0.39 is 0 Å². The van der Waals surface area contributed by atoms with Gasteiger partial charge in [0.15, 0.2) is 0 Å². The Hall–Kier alpha value is -0.330. The third-order valence-corrected chi connectivity index (χ3v) is 2.16. The summed E-state index contributed by atoms with van der Waals surface area (Å²) in [4.78, 5) is 10.8. The van der Waals surface area contributed by atoms with Crippen molar-refractivity contribution >= 4 is 5.78 Å². The van der Waals surface area contributed by atoms with Gasteiger partial charge in [-0.25, -0.2) is 0 Å². The van der Waals surface area contributed by atoms with E-state index in [1.54, 1.807) is 0 Å². The second kappa shape index (κ2) is 6.38. The quantitative estimate of drug-likeness (QED) is 0.570. The summed E-state index contributed by atoms with van der Waals surface area (Å²) in [6.45, 7) is 6.17. The number of carbonyl (C=O) groups excluding carboxylic acids is 1. The summed E-state index contributed by atoms with van der Waals surface area (Å²) in [6, 6.07) is 0. The molecule has 1 saturated carbocycles. The maximum atomic E-state index is 10.8. The van der Waals surface area contributed by atoms with Crippen molar-refractivity contribution in [2.45, 2.75) is 52.9 Å². The molecule has 0 aromatic rings. The fourth-order valence-corrected chi connectivity index (χ4v) is 1.46. The van der Waals surface area contributed by atoms with Crippen LogP contribution in [0, 0.1) is 5.92 Å². The molecule has 1 aliphatic rings. The zero-order chi connectivity index (χ0) is 8.69. The molecule has 0 aliphatic heterocycles. The fourth-order valence-electron chi connectivity index (χ4n) is 1.46. The van der Waals surface area contributed by atoms with Crippen LogP contribution in [0.4, 0.5) is 0 Å². The van der Waals surface area contributed by atoms with E-state index in [1.165, 1.54) is 12.8 Å². The van der Waals surface area contributed by atoms with Crippen LogP contribution >= 0.6 is 0 Å². The lowest BCUT2D eigenvalue weighted by Crippen LogP contribution is -2.13. The molecular formula is C10H20O. The van der Waals surface area contributed by atoms with Gasteiger partial charge in [-0.15, -0.1) is 0 Å². The van der Waals surface area contributed by atoms with E-state index >= 15 is 0 Å². The normalized spacial score (nSPS) is 23.9. The molecule has 0 radical (unpaired) electrons. The number of rotatable bonds is 1. The summed E-state index contributed by atoms with van der Waals surface area (Å²) in [5.74, 6) is 1.19. The summed E-state index contributed by atoms with van der Waals surface area (Å²) >= 11 is 0. The predicted octanol–water partition coefficient (Wildman–Crippen LogP) is 3.18. The molecule has 66 valence electrons. The first-order chi connectivity index (χ1) is 5.33. The molecular weight excluding hydrogens is 136 g/mol. The Bertz CT molecular complexity index is 107. The average molecular weight is 156 g/mol. The summed E-state index contributed by atoms with van der Waals surface area (Å²) in [6.07, 6.45) is 5.30. The molecule has 1 nitrogen and oxygen atoms in total. The number of carbonyl (C=O) groups is 1. The van der Waals surface area contributed by atoms with E-state index in [1.807, 2.05) is 13.8 Å². The highest BCUT2D eigenvalue weighted by Gasteiger charge is 2.16. The summed E-state index contributed by atoms with van der Waals surface area (Å²) in [5.41, 5.74) is 0. The van der Waals surface area contributed by atoms with Gasteiger partial charge < -0.3 is 0 Å². The van der Waals surface area contributed by atoms with Gasteiger partial charge in [0.05, 0.1) is 0 Å². The molecule has 0 unspecified atom stereocenters. The number of hydrogen-bond acceptors (Lipinski definition) is 1.